The van der Waals surface area contributed by atoms with Crippen molar-refractivity contribution in [2.45, 2.75) is 151 Å². The first-order valence-corrected chi connectivity index (χ1v) is 18.2. The van der Waals surface area contributed by atoms with Crippen molar-refractivity contribution in [2.75, 3.05) is 13.1 Å². The van der Waals surface area contributed by atoms with Crippen molar-refractivity contribution in [3.05, 3.63) is 0 Å². The van der Waals surface area contributed by atoms with E-state index >= 15 is 0 Å². The third kappa shape index (κ3) is 4.71. The minimum Gasteiger partial charge on any atom is -0.389 e. The quantitative estimate of drug-likeness (QED) is 0.193. The van der Waals surface area contributed by atoms with Crippen molar-refractivity contribution >= 4 is 0 Å². The molecule has 12 atom stereocenters. The van der Waals surface area contributed by atoms with Gasteiger partial charge < -0.3 is 10.4 Å². The van der Waals surface area contributed by atoms with Crippen LogP contribution in [0.2, 0.25) is 0 Å². The van der Waals surface area contributed by atoms with Crippen LogP contribution < -0.4 is 5.32 Å². The van der Waals surface area contributed by atoms with Gasteiger partial charge in [0.15, 0.2) is 0 Å². The fourth-order valence-electron chi connectivity index (χ4n) is 13.3. The van der Waals surface area contributed by atoms with E-state index in [1.807, 2.05) is 0 Å². The van der Waals surface area contributed by atoms with Gasteiger partial charge in [-0.25, -0.2) is 0 Å². The molecule has 0 bridgehead atoms. The van der Waals surface area contributed by atoms with E-state index in [2.05, 4.69) is 66.6 Å². The van der Waals surface area contributed by atoms with Crippen LogP contribution in [-0.2, 0) is 0 Å². The summed E-state index contributed by atoms with van der Waals surface area (Å²) in [7, 11) is 0. The molecule has 2 N–H and O–H groups in total. The molecule has 234 valence electrons. The molecule has 0 saturated heterocycles. The van der Waals surface area contributed by atoms with Gasteiger partial charge in [0, 0.05) is 23.3 Å². The van der Waals surface area contributed by atoms with Gasteiger partial charge in [0.2, 0.25) is 0 Å². The molecule has 0 aromatic carbocycles. The first-order chi connectivity index (χ1) is 19.3. The summed E-state index contributed by atoms with van der Waals surface area (Å²) in [6.45, 7) is 21.8. The number of hydrogen-bond acceptors (Lipinski definition) is 2. The number of aliphatic hydroxyl groups is 1. The van der Waals surface area contributed by atoms with Crippen LogP contribution in [0, 0.1) is 81.3 Å². The maximum absolute atomic E-state index is 12.9. The van der Waals surface area contributed by atoms with Crippen LogP contribution in [0.1, 0.15) is 145 Å². The molecule has 2 heteroatoms. The van der Waals surface area contributed by atoms with Gasteiger partial charge in [0.1, 0.15) is 0 Å². The van der Waals surface area contributed by atoms with Gasteiger partial charge in [-0.1, -0.05) is 86.5 Å². The molecule has 41 heavy (non-hydrogen) atoms. The molecule has 5 aliphatic carbocycles. The minimum atomic E-state index is -0.623. The lowest BCUT2D eigenvalue weighted by Gasteiger charge is -2.79. The normalized spacial score (nSPS) is 49.3. The first-order valence-electron chi connectivity index (χ1n) is 18.2. The van der Waals surface area contributed by atoms with E-state index in [0.717, 1.165) is 55.5 Å². The molecule has 5 aliphatic rings. The topological polar surface area (TPSA) is 32.3 Å². The van der Waals surface area contributed by atoms with Gasteiger partial charge in [0.25, 0.3) is 0 Å². The molecule has 5 fully saturated rings. The summed E-state index contributed by atoms with van der Waals surface area (Å²) >= 11 is 0. The third-order valence-electron chi connectivity index (χ3n) is 15.2. The summed E-state index contributed by atoms with van der Waals surface area (Å²) in [6.07, 6.45) is 24.5. The second-order valence-electron chi connectivity index (χ2n) is 17.6. The number of fused-ring (bicyclic) bond motifs is 4. The monoisotopic (exact) mass is 566 g/mol. The Bertz CT molecular complexity index is 967. The maximum atomic E-state index is 12.9. The van der Waals surface area contributed by atoms with Crippen LogP contribution in [-0.4, -0.2) is 23.8 Å². The van der Waals surface area contributed by atoms with Crippen LogP contribution in [0.25, 0.3) is 0 Å². The lowest BCUT2D eigenvalue weighted by Crippen LogP contribution is -2.79. The number of hydrogen-bond donors (Lipinski definition) is 2. The molecule has 0 aliphatic heterocycles. The van der Waals surface area contributed by atoms with Crippen molar-refractivity contribution in [2.24, 2.45) is 69.0 Å². The number of unbranched alkanes of at least 4 members (excludes halogenated alkanes) is 2. The van der Waals surface area contributed by atoms with E-state index in [4.69, 9.17) is 6.42 Å². The van der Waals surface area contributed by atoms with Gasteiger partial charge in [-0.3, -0.25) is 0 Å². The second kappa shape index (κ2) is 11.4. The van der Waals surface area contributed by atoms with Crippen LogP contribution in [0.5, 0.6) is 0 Å². The van der Waals surface area contributed by atoms with E-state index in [1.165, 1.54) is 77.0 Å². The smallest absolute Gasteiger partial charge is 0.0763 e. The highest BCUT2D eigenvalue weighted by Crippen LogP contribution is 2.81. The average Bonchev–Trinajstić information content (AvgIpc) is 3.27. The lowest BCUT2D eigenvalue weighted by atomic mass is 9.26. The zero-order valence-electron chi connectivity index (χ0n) is 28.5. The molecular formula is C39H67NO. The molecule has 0 aromatic heterocycles. The molecule has 0 radical (unpaired) electrons. The summed E-state index contributed by atoms with van der Waals surface area (Å²) in [5.41, 5.74) is -0.192. The Morgan fingerprint density at radius 3 is 2.34 bits per heavy atom. The summed E-state index contributed by atoms with van der Waals surface area (Å²) in [6, 6.07) is 0. The molecule has 0 heterocycles. The first kappa shape index (κ1) is 31.9. The molecule has 12 unspecified atom stereocenters. The standard InChI is InChI=1S/C39H67NO/c1-10-12-13-23-40-25-33-35(7,11-2)26-37(9)32-19-20-36(8)30(28(5)16-14-15-27(3)4)17-18-31(36)34(32)29(6)24-38(37)21-22-39(33,38)41/h2,27-34,40-41H,10,12-26H2,1,3-9H3. The Balaban J connectivity index is 1.40. The minimum absolute atomic E-state index is 0.0442. The fraction of sp³-hybridized carbons (Fsp3) is 0.949. The van der Waals surface area contributed by atoms with Gasteiger partial charge in [-0.15, -0.1) is 6.42 Å². The summed E-state index contributed by atoms with van der Waals surface area (Å²) in [5.74, 6) is 9.14. The van der Waals surface area contributed by atoms with E-state index in [-0.39, 0.29) is 22.2 Å². The van der Waals surface area contributed by atoms with E-state index in [1.54, 1.807) is 0 Å². The maximum Gasteiger partial charge on any atom is 0.0763 e. The summed E-state index contributed by atoms with van der Waals surface area (Å²) in [4.78, 5) is 0. The van der Waals surface area contributed by atoms with Gasteiger partial charge in [-0.05, 0) is 124 Å². The molecular weight excluding hydrogens is 498 g/mol. The molecule has 1 spiro atoms. The van der Waals surface area contributed by atoms with Crippen molar-refractivity contribution in [3.63, 3.8) is 0 Å². The zero-order valence-corrected chi connectivity index (χ0v) is 28.5. The summed E-state index contributed by atoms with van der Waals surface area (Å²) < 4.78 is 0. The Hall–Kier alpha value is -0.520. The molecule has 5 saturated carbocycles. The molecule has 5 rings (SSSR count). The van der Waals surface area contributed by atoms with E-state index in [9.17, 15) is 5.11 Å². The Morgan fingerprint density at radius 2 is 1.71 bits per heavy atom. The van der Waals surface area contributed by atoms with Gasteiger partial charge >= 0.3 is 0 Å². The average molecular weight is 566 g/mol. The van der Waals surface area contributed by atoms with E-state index < -0.39 is 5.60 Å². The predicted molar refractivity (Wildman–Crippen MR) is 174 cm³/mol. The van der Waals surface area contributed by atoms with Crippen LogP contribution in [0.3, 0.4) is 0 Å². The van der Waals surface area contributed by atoms with E-state index in [0.29, 0.717) is 17.3 Å². The van der Waals surface area contributed by atoms with Crippen molar-refractivity contribution in [3.8, 4) is 12.3 Å². The van der Waals surface area contributed by atoms with Crippen molar-refractivity contribution < 1.29 is 5.11 Å². The van der Waals surface area contributed by atoms with Crippen LogP contribution >= 0.6 is 0 Å². The molecule has 2 nitrogen and oxygen atoms in total. The van der Waals surface area contributed by atoms with Gasteiger partial charge in [0.05, 0.1) is 5.60 Å². The molecule has 0 aromatic rings. The Morgan fingerprint density at radius 1 is 0.951 bits per heavy atom. The summed E-state index contributed by atoms with van der Waals surface area (Å²) in [5, 5.41) is 16.6. The highest BCUT2D eigenvalue weighted by Gasteiger charge is 2.79. The third-order valence-corrected chi connectivity index (χ3v) is 15.2. The Labute approximate surface area is 255 Å². The lowest BCUT2D eigenvalue weighted by molar-refractivity contribution is -0.346. The zero-order chi connectivity index (χ0) is 29.8. The Kier molecular flexibility index (Phi) is 8.90. The largest absolute Gasteiger partial charge is 0.389 e. The number of rotatable bonds is 11. The number of nitrogens with one attached hydrogen (secondary N) is 1. The molecule has 0 amide bonds. The number of terminal acetylenes is 1. The van der Waals surface area contributed by atoms with Crippen LogP contribution in [0.15, 0.2) is 0 Å². The van der Waals surface area contributed by atoms with Gasteiger partial charge in [-0.2, -0.15) is 0 Å². The van der Waals surface area contributed by atoms with Crippen molar-refractivity contribution in [1.29, 1.82) is 0 Å². The SMILES string of the molecule is C#CC1(C)CC2(C)C3CCC4(C)C(C(C)CCCC(C)C)CCC4C3C(C)CC23CCC3(O)C1CNCCCCC. The highest BCUT2D eigenvalue weighted by molar-refractivity contribution is 5.31. The highest BCUT2D eigenvalue weighted by atomic mass is 16.3. The van der Waals surface area contributed by atoms with Crippen LogP contribution in [0.4, 0.5) is 0 Å². The predicted octanol–water partition coefficient (Wildman–Crippen LogP) is 9.50. The van der Waals surface area contributed by atoms with Crippen molar-refractivity contribution in [1.82, 2.24) is 5.32 Å². The second-order valence-corrected chi connectivity index (χ2v) is 17.6. The fourth-order valence-corrected chi connectivity index (χ4v) is 13.3.